The van der Waals surface area contributed by atoms with Crippen LogP contribution in [0.25, 0.3) is 16.5 Å². The second-order valence-electron chi connectivity index (χ2n) is 6.63. The number of likely N-dealkylation sites (N-methyl/N-ethyl adjacent to an activating group) is 1. The van der Waals surface area contributed by atoms with Crippen molar-refractivity contribution in [3.8, 4) is 0 Å². The Morgan fingerprint density at radius 2 is 2.21 bits per heavy atom. The second-order valence-corrected chi connectivity index (χ2v) is 6.63. The minimum atomic E-state index is -0.300. The van der Waals surface area contributed by atoms with Gasteiger partial charge in [-0.25, -0.2) is 0 Å². The Morgan fingerprint density at radius 3 is 2.96 bits per heavy atom. The number of rotatable bonds is 3. The molecule has 0 saturated carbocycles. The van der Waals surface area contributed by atoms with E-state index in [0.717, 1.165) is 11.1 Å². The number of carbonyl (C=O) groups excluding carboxylic acids is 1. The first kappa shape index (κ1) is 11.5. The number of nitrogens with one attached hydrogen (secondary N) is 1. The Labute approximate surface area is 148 Å². The lowest BCUT2D eigenvalue weighted by Crippen LogP contribution is -2.47. The number of nitrogens with zero attached hydrogens (tertiary/aromatic N) is 2. The molecule has 2 atom stereocenters. The fourth-order valence-electron chi connectivity index (χ4n) is 4.06. The number of amides is 1. The molecule has 2 aliphatic rings. The summed E-state index contributed by atoms with van der Waals surface area (Å²) in [6.45, 7) is 5.85. The summed E-state index contributed by atoms with van der Waals surface area (Å²) in [7, 11) is 1.97. The summed E-state index contributed by atoms with van der Waals surface area (Å²) in [4.78, 5) is 19.9. The smallest absolute Gasteiger partial charge is 0.230 e. The SMILES string of the molecule is [2H]c1[nH]c2c([2H])c([2H])c([2H])c3c2c1C[C@@H]1C3=C[C@@H](C(=O)N(CC)CC)CN1C. The lowest BCUT2D eigenvalue weighted by molar-refractivity contribution is -0.134. The van der Waals surface area contributed by atoms with E-state index in [4.69, 9.17) is 5.48 Å². The average molecular weight is 327 g/mol. The highest BCUT2D eigenvalue weighted by Crippen LogP contribution is 2.40. The van der Waals surface area contributed by atoms with Crippen LogP contribution in [-0.4, -0.2) is 53.4 Å². The van der Waals surface area contributed by atoms with E-state index in [-0.39, 0.29) is 42.2 Å². The molecule has 4 nitrogen and oxygen atoms in total. The van der Waals surface area contributed by atoms with Crippen molar-refractivity contribution in [2.24, 2.45) is 5.92 Å². The molecular formula is C20H25N3O. The molecule has 2 aromatic rings. The number of hydrogen-bond donors (Lipinski definition) is 1. The Hall–Kier alpha value is -2.07. The zero-order valence-electron chi connectivity index (χ0n) is 18.4. The van der Waals surface area contributed by atoms with Crippen LogP contribution in [0.5, 0.6) is 0 Å². The van der Waals surface area contributed by atoms with Gasteiger partial charge in [0.1, 0.15) is 0 Å². The van der Waals surface area contributed by atoms with Gasteiger partial charge >= 0.3 is 0 Å². The zero-order valence-corrected chi connectivity index (χ0v) is 14.4. The van der Waals surface area contributed by atoms with Crippen LogP contribution in [0.4, 0.5) is 0 Å². The van der Waals surface area contributed by atoms with Gasteiger partial charge in [-0.2, -0.15) is 0 Å². The minimum Gasteiger partial charge on any atom is -0.361 e. The number of hydrogen-bond acceptors (Lipinski definition) is 2. The van der Waals surface area contributed by atoms with Gasteiger partial charge in [0.2, 0.25) is 5.91 Å². The van der Waals surface area contributed by atoms with E-state index in [9.17, 15) is 4.79 Å². The fourth-order valence-corrected chi connectivity index (χ4v) is 4.06. The number of aromatic amines is 1. The molecule has 126 valence electrons. The number of benzene rings is 1. The highest BCUT2D eigenvalue weighted by molar-refractivity contribution is 5.99. The topological polar surface area (TPSA) is 39.3 Å². The summed E-state index contributed by atoms with van der Waals surface area (Å²) in [6, 6.07) is -0.200. The Kier molecular flexibility index (Phi) is 2.76. The van der Waals surface area contributed by atoms with E-state index < -0.39 is 0 Å². The van der Waals surface area contributed by atoms with Gasteiger partial charge in [0.05, 0.1) is 11.4 Å². The highest BCUT2D eigenvalue weighted by Gasteiger charge is 2.36. The Morgan fingerprint density at radius 1 is 1.42 bits per heavy atom. The number of H-pyrrole nitrogens is 1. The van der Waals surface area contributed by atoms with Crippen molar-refractivity contribution in [2.75, 3.05) is 26.7 Å². The molecule has 1 amide bonds. The molecule has 0 unspecified atom stereocenters. The van der Waals surface area contributed by atoms with E-state index >= 15 is 0 Å². The van der Waals surface area contributed by atoms with E-state index in [1.54, 1.807) is 0 Å². The van der Waals surface area contributed by atoms with Crippen molar-refractivity contribution in [1.82, 2.24) is 14.8 Å². The molecule has 0 bridgehead atoms. The lowest BCUT2D eigenvalue weighted by atomic mass is 9.79. The molecule has 1 aliphatic heterocycles. The van der Waals surface area contributed by atoms with Gasteiger partial charge < -0.3 is 9.88 Å². The second kappa shape index (κ2) is 5.78. The molecule has 1 aliphatic carbocycles. The molecule has 0 spiro atoms. The van der Waals surface area contributed by atoms with Gasteiger partial charge in [-0.05, 0) is 50.1 Å². The van der Waals surface area contributed by atoms with E-state index in [1.165, 1.54) is 0 Å². The molecule has 4 heteroatoms. The summed E-state index contributed by atoms with van der Waals surface area (Å²) in [5.74, 6) is -0.221. The van der Waals surface area contributed by atoms with Crippen molar-refractivity contribution in [2.45, 2.75) is 26.3 Å². The molecule has 1 N–H and O–H groups in total. The van der Waals surface area contributed by atoms with Crippen LogP contribution in [0.1, 0.15) is 30.5 Å². The molecule has 2 heterocycles. The molecular weight excluding hydrogens is 298 g/mol. The summed E-state index contributed by atoms with van der Waals surface area (Å²) in [5.41, 5.74) is 2.75. The average Bonchev–Trinajstić information content (AvgIpc) is 3.01. The van der Waals surface area contributed by atoms with Crippen LogP contribution in [0.15, 0.2) is 30.4 Å². The van der Waals surface area contributed by atoms with Crippen LogP contribution < -0.4 is 0 Å². The Balaban J connectivity index is 1.94. The number of carbonyl (C=O) groups is 1. The van der Waals surface area contributed by atoms with Crippen molar-refractivity contribution in [3.05, 3.63) is 41.5 Å². The van der Waals surface area contributed by atoms with Gasteiger partial charge in [-0.1, -0.05) is 18.2 Å². The third-order valence-electron chi connectivity index (χ3n) is 5.35. The zero-order chi connectivity index (χ0) is 20.3. The monoisotopic (exact) mass is 327 g/mol. The maximum Gasteiger partial charge on any atom is 0.230 e. The maximum absolute atomic E-state index is 13.0. The molecule has 4 rings (SSSR count). The van der Waals surface area contributed by atoms with Gasteiger partial charge in [-0.3, -0.25) is 9.69 Å². The van der Waals surface area contributed by atoms with Crippen LogP contribution in [0.2, 0.25) is 0 Å². The summed E-state index contributed by atoms with van der Waals surface area (Å²) in [6.07, 6.45) is 2.83. The molecule has 0 fully saturated rings. The highest BCUT2D eigenvalue weighted by atomic mass is 16.2. The van der Waals surface area contributed by atoms with Gasteiger partial charge in [-0.15, -0.1) is 0 Å². The quantitative estimate of drug-likeness (QED) is 0.941. The van der Waals surface area contributed by atoms with Gasteiger partial charge in [0.15, 0.2) is 0 Å². The normalized spacial score (nSPS) is 25.4. The first-order valence-electron chi connectivity index (χ1n) is 10.6. The van der Waals surface area contributed by atoms with Crippen molar-refractivity contribution in [1.29, 1.82) is 0 Å². The van der Waals surface area contributed by atoms with E-state index in [1.807, 2.05) is 31.9 Å². The largest absolute Gasteiger partial charge is 0.361 e. The predicted molar refractivity (Wildman–Crippen MR) is 97.8 cm³/mol. The number of aromatic nitrogens is 1. The standard InChI is InChI=1S/C20H25N3O/c1-4-23(5-2)20(24)14-9-16-15-7-6-8-17-19(15)13(11-21-17)10-18(16)22(3)12-14/h6-9,11,14,18,21H,4-5,10,12H2,1-3H3/t14-,18-/m1/s1/i6D,7D,8D,11D. The van der Waals surface area contributed by atoms with E-state index in [2.05, 4.69) is 9.88 Å². The third kappa shape index (κ3) is 2.20. The van der Waals surface area contributed by atoms with Crippen LogP contribution >= 0.6 is 0 Å². The molecule has 0 radical (unpaired) electrons. The first-order chi connectivity index (χ1) is 13.3. The summed E-state index contributed by atoms with van der Waals surface area (Å²) >= 11 is 0. The van der Waals surface area contributed by atoms with Crippen LogP contribution in [0, 0.1) is 5.92 Å². The minimum absolute atomic E-state index is 0.0121. The lowest BCUT2D eigenvalue weighted by Gasteiger charge is -2.40. The predicted octanol–water partition coefficient (Wildman–Crippen LogP) is 2.91. The summed E-state index contributed by atoms with van der Waals surface area (Å²) < 4.78 is 33.3. The van der Waals surface area contributed by atoms with Crippen LogP contribution in [-0.2, 0) is 11.2 Å². The fraction of sp³-hybridized carbons (Fsp3) is 0.450. The molecule has 1 aromatic carbocycles. The van der Waals surface area contributed by atoms with Gasteiger partial charge in [0.25, 0.3) is 0 Å². The van der Waals surface area contributed by atoms with Crippen molar-refractivity contribution in [3.63, 3.8) is 0 Å². The Bertz CT molecular complexity index is 1010. The van der Waals surface area contributed by atoms with Crippen LogP contribution in [0.3, 0.4) is 0 Å². The molecule has 1 aromatic heterocycles. The van der Waals surface area contributed by atoms with Gasteiger partial charge in [0, 0.05) is 42.8 Å². The third-order valence-corrected chi connectivity index (χ3v) is 5.35. The molecule has 24 heavy (non-hydrogen) atoms. The molecule has 0 saturated heterocycles. The summed E-state index contributed by atoms with van der Waals surface area (Å²) in [5, 5.41) is 0.711. The number of fused-ring (bicyclic) bond motifs is 2. The van der Waals surface area contributed by atoms with Crippen molar-refractivity contribution >= 4 is 22.4 Å². The maximum atomic E-state index is 13.0. The van der Waals surface area contributed by atoms with Crippen molar-refractivity contribution < 1.29 is 10.3 Å². The van der Waals surface area contributed by atoms with E-state index in [0.29, 0.717) is 42.5 Å². The first-order valence-corrected chi connectivity index (χ1v) is 8.62.